The van der Waals surface area contributed by atoms with Gasteiger partial charge in [0.05, 0.1) is 21.3 Å². The largest absolute Gasteiger partial charge is 0.316 e. The third kappa shape index (κ3) is 4.31. The quantitative estimate of drug-likeness (QED) is 0.357. The molecule has 0 atom stereocenters. The van der Waals surface area contributed by atoms with E-state index in [1.165, 1.54) is 0 Å². The molecule has 140 valence electrons. The molecular formula is C20H17Cl2IN2OS. The van der Waals surface area contributed by atoms with Gasteiger partial charge in [-0.3, -0.25) is 4.79 Å². The number of aryl methyl sites for hydroxylation is 1. The normalized spacial score (nSPS) is 11.8. The molecule has 0 N–H and O–H groups in total. The highest BCUT2D eigenvalue weighted by Crippen LogP contribution is 2.32. The average molecular weight is 531 g/mol. The summed E-state index contributed by atoms with van der Waals surface area (Å²) < 4.78 is 2.96. The Morgan fingerprint density at radius 1 is 1.15 bits per heavy atom. The maximum Gasteiger partial charge on any atom is 0.280 e. The molecule has 0 saturated carbocycles. The molecule has 0 bridgehead atoms. The van der Waals surface area contributed by atoms with Crippen molar-refractivity contribution in [2.45, 2.75) is 26.8 Å². The number of aromatic nitrogens is 1. The fourth-order valence-electron chi connectivity index (χ4n) is 2.82. The number of thiazole rings is 1. The molecule has 0 saturated heterocycles. The second-order valence-electron chi connectivity index (χ2n) is 5.78. The Balaban J connectivity index is 2.18. The van der Waals surface area contributed by atoms with Crippen molar-refractivity contribution in [3.05, 3.63) is 71.3 Å². The fourth-order valence-corrected chi connectivity index (χ4v) is 4.88. The lowest BCUT2D eigenvalue weighted by Gasteiger charge is -2.09. The van der Waals surface area contributed by atoms with Gasteiger partial charge in [0, 0.05) is 20.6 Å². The first-order chi connectivity index (χ1) is 13.0. The summed E-state index contributed by atoms with van der Waals surface area (Å²) in [5.41, 5.74) is 2.63. The number of hydrogen-bond donors (Lipinski definition) is 0. The minimum absolute atomic E-state index is 0.230. The monoisotopic (exact) mass is 530 g/mol. The van der Waals surface area contributed by atoms with Crippen molar-refractivity contribution >= 4 is 63.0 Å². The van der Waals surface area contributed by atoms with Crippen LogP contribution in [-0.2, 0) is 13.0 Å². The Morgan fingerprint density at radius 2 is 1.89 bits per heavy atom. The van der Waals surface area contributed by atoms with E-state index < -0.39 is 0 Å². The molecule has 0 fully saturated rings. The van der Waals surface area contributed by atoms with Crippen molar-refractivity contribution in [3.63, 3.8) is 0 Å². The molecule has 1 heterocycles. The van der Waals surface area contributed by atoms with Crippen LogP contribution in [0.4, 0.5) is 0 Å². The summed E-state index contributed by atoms with van der Waals surface area (Å²) in [6.07, 6.45) is 0.840. The molecule has 2 aromatic carbocycles. The highest BCUT2D eigenvalue weighted by Gasteiger charge is 2.16. The summed E-state index contributed by atoms with van der Waals surface area (Å²) in [4.78, 5) is 19.0. The highest BCUT2D eigenvalue weighted by atomic mass is 127. The highest BCUT2D eigenvalue weighted by molar-refractivity contribution is 14.1. The van der Waals surface area contributed by atoms with Gasteiger partial charge >= 0.3 is 0 Å². The van der Waals surface area contributed by atoms with Crippen LogP contribution in [0.5, 0.6) is 0 Å². The molecule has 3 aromatic rings. The summed E-state index contributed by atoms with van der Waals surface area (Å²) in [6, 6.07) is 13.1. The summed E-state index contributed by atoms with van der Waals surface area (Å²) in [6.45, 7) is 4.84. The topological polar surface area (TPSA) is 34.4 Å². The van der Waals surface area contributed by atoms with Crippen molar-refractivity contribution in [1.82, 2.24) is 4.57 Å². The Morgan fingerprint density at radius 3 is 2.52 bits per heavy atom. The molecule has 0 aliphatic carbocycles. The average Bonchev–Trinajstić information content (AvgIpc) is 3.01. The number of rotatable bonds is 4. The third-order valence-electron chi connectivity index (χ3n) is 4.11. The zero-order valence-electron chi connectivity index (χ0n) is 14.8. The number of hydrogen-bond acceptors (Lipinski definition) is 2. The second-order valence-corrected chi connectivity index (χ2v) is 8.82. The Hall–Kier alpha value is -1.15. The lowest BCUT2D eigenvalue weighted by Crippen LogP contribution is -2.17. The second kappa shape index (κ2) is 8.90. The SMILES string of the molecule is CCc1sc(=NC(=O)c2ccccc2I)n(CC)c1-c1ccc(Cl)c(Cl)c1. The maximum atomic E-state index is 12.7. The number of carbonyl (C=O) groups excluding carboxylic acids is 1. The molecule has 1 aromatic heterocycles. The Labute approximate surface area is 185 Å². The van der Waals surface area contributed by atoms with Gasteiger partial charge in [0.25, 0.3) is 5.91 Å². The summed E-state index contributed by atoms with van der Waals surface area (Å²) >= 11 is 16.0. The van der Waals surface area contributed by atoms with Gasteiger partial charge in [0.2, 0.25) is 0 Å². The first-order valence-electron chi connectivity index (χ1n) is 8.47. The number of carbonyl (C=O) groups is 1. The van der Waals surface area contributed by atoms with E-state index in [1.54, 1.807) is 23.5 Å². The van der Waals surface area contributed by atoms with Crippen LogP contribution < -0.4 is 4.80 Å². The van der Waals surface area contributed by atoms with E-state index in [0.717, 1.165) is 26.1 Å². The number of nitrogens with zero attached hydrogens (tertiary/aromatic N) is 2. The molecule has 1 amide bonds. The van der Waals surface area contributed by atoms with Gasteiger partial charge in [-0.15, -0.1) is 11.3 Å². The molecule has 0 aliphatic rings. The third-order valence-corrected chi connectivity index (χ3v) is 7.01. The van der Waals surface area contributed by atoms with Crippen LogP contribution in [0.3, 0.4) is 0 Å². The minimum atomic E-state index is -0.230. The van der Waals surface area contributed by atoms with Crippen LogP contribution in [0.1, 0.15) is 29.1 Å². The van der Waals surface area contributed by atoms with Crippen LogP contribution in [0.25, 0.3) is 11.3 Å². The molecule has 0 spiro atoms. The van der Waals surface area contributed by atoms with Crippen molar-refractivity contribution in [2.75, 3.05) is 0 Å². The zero-order chi connectivity index (χ0) is 19.6. The summed E-state index contributed by atoms with van der Waals surface area (Å²) in [7, 11) is 0. The summed E-state index contributed by atoms with van der Waals surface area (Å²) in [5, 5.41) is 1.04. The van der Waals surface area contributed by atoms with Gasteiger partial charge in [-0.2, -0.15) is 4.99 Å². The van der Waals surface area contributed by atoms with E-state index in [2.05, 4.69) is 39.1 Å². The van der Waals surface area contributed by atoms with Crippen molar-refractivity contribution in [1.29, 1.82) is 0 Å². The van der Waals surface area contributed by atoms with Crippen LogP contribution in [-0.4, -0.2) is 10.5 Å². The van der Waals surface area contributed by atoms with E-state index in [4.69, 9.17) is 23.2 Å². The summed E-state index contributed by atoms with van der Waals surface area (Å²) in [5.74, 6) is -0.230. The number of halogens is 3. The van der Waals surface area contributed by atoms with E-state index in [1.807, 2.05) is 37.3 Å². The predicted molar refractivity (Wildman–Crippen MR) is 122 cm³/mol. The Kier molecular flexibility index (Phi) is 6.78. The first kappa shape index (κ1) is 20.6. The van der Waals surface area contributed by atoms with Gasteiger partial charge in [-0.05, 0) is 60.2 Å². The molecule has 3 nitrogen and oxygen atoms in total. The van der Waals surface area contributed by atoms with Gasteiger partial charge in [-0.25, -0.2) is 0 Å². The van der Waals surface area contributed by atoms with Crippen molar-refractivity contribution in [2.24, 2.45) is 4.99 Å². The van der Waals surface area contributed by atoms with E-state index in [-0.39, 0.29) is 5.91 Å². The van der Waals surface area contributed by atoms with Gasteiger partial charge in [0.1, 0.15) is 0 Å². The molecular weight excluding hydrogens is 514 g/mol. The smallest absolute Gasteiger partial charge is 0.280 e. The number of amides is 1. The molecule has 0 unspecified atom stereocenters. The molecule has 27 heavy (non-hydrogen) atoms. The van der Waals surface area contributed by atoms with Crippen molar-refractivity contribution in [3.8, 4) is 11.3 Å². The Bertz CT molecular complexity index is 1070. The maximum absolute atomic E-state index is 12.7. The zero-order valence-corrected chi connectivity index (χ0v) is 19.3. The van der Waals surface area contributed by atoms with Gasteiger partial charge in [0.15, 0.2) is 4.80 Å². The molecule has 0 radical (unpaired) electrons. The van der Waals surface area contributed by atoms with Crippen LogP contribution in [0.15, 0.2) is 47.5 Å². The standard InChI is InChI=1S/C20H17Cl2IN2OS/c1-3-17-18(12-9-10-14(21)15(22)11-12)25(4-2)20(27-17)24-19(26)13-7-5-6-8-16(13)23/h5-11H,3-4H2,1-2H3. The van der Waals surface area contributed by atoms with E-state index >= 15 is 0 Å². The fraction of sp³-hybridized carbons (Fsp3) is 0.200. The predicted octanol–water partition coefficient (Wildman–Crippen LogP) is 6.45. The van der Waals surface area contributed by atoms with E-state index in [0.29, 0.717) is 27.0 Å². The minimum Gasteiger partial charge on any atom is -0.316 e. The molecule has 3 rings (SSSR count). The van der Waals surface area contributed by atoms with Gasteiger partial charge < -0.3 is 4.57 Å². The van der Waals surface area contributed by atoms with Crippen LogP contribution >= 0.6 is 57.1 Å². The van der Waals surface area contributed by atoms with Crippen molar-refractivity contribution < 1.29 is 4.79 Å². The molecule has 7 heteroatoms. The molecule has 0 aliphatic heterocycles. The first-order valence-corrected chi connectivity index (χ1v) is 11.1. The van der Waals surface area contributed by atoms with E-state index in [9.17, 15) is 4.79 Å². The van der Waals surface area contributed by atoms with Crippen LogP contribution in [0, 0.1) is 3.57 Å². The lowest BCUT2D eigenvalue weighted by atomic mass is 10.1. The van der Waals surface area contributed by atoms with Gasteiger partial charge in [-0.1, -0.05) is 48.3 Å². The number of benzene rings is 2. The van der Waals surface area contributed by atoms with Crippen LogP contribution in [0.2, 0.25) is 10.0 Å². The lowest BCUT2D eigenvalue weighted by molar-refractivity contribution is 0.0997.